The van der Waals surface area contributed by atoms with Crippen molar-refractivity contribution in [1.82, 2.24) is 20.9 Å². The first-order chi connectivity index (χ1) is 11.7. The Bertz CT molecular complexity index is 572. The van der Waals surface area contributed by atoms with Crippen molar-refractivity contribution in [3.63, 3.8) is 0 Å². The Labute approximate surface area is 177 Å². The highest BCUT2D eigenvalue weighted by Gasteiger charge is 2.19. The van der Waals surface area contributed by atoms with E-state index in [1.54, 1.807) is 18.4 Å². The molecule has 1 amide bonds. The number of hydrogen-bond acceptors (Lipinski definition) is 5. The lowest BCUT2D eigenvalue weighted by molar-refractivity contribution is 0.0502. The number of guanidine groups is 1. The maximum Gasteiger partial charge on any atom is 0.407 e. The van der Waals surface area contributed by atoms with Gasteiger partial charge >= 0.3 is 6.09 Å². The van der Waals surface area contributed by atoms with Gasteiger partial charge in [0.05, 0.1) is 6.54 Å². The number of thiazole rings is 1. The summed E-state index contributed by atoms with van der Waals surface area (Å²) >= 11 is 1.66. The van der Waals surface area contributed by atoms with Crippen molar-refractivity contribution in [2.45, 2.75) is 65.6 Å². The third-order valence-corrected chi connectivity index (χ3v) is 4.09. The van der Waals surface area contributed by atoms with E-state index < -0.39 is 11.7 Å². The lowest BCUT2D eigenvalue weighted by atomic mass is 10.1. The van der Waals surface area contributed by atoms with Gasteiger partial charge in [0, 0.05) is 30.7 Å². The van der Waals surface area contributed by atoms with E-state index in [2.05, 4.69) is 32.9 Å². The summed E-state index contributed by atoms with van der Waals surface area (Å²) in [5.74, 6) is 0.681. The quantitative estimate of drug-likeness (QED) is 0.305. The molecular formula is C17H32IN5O2S. The van der Waals surface area contributed by atoms with Gasteiger partial charge in [-0.05, 0) is 34.1 Å². The predicted octanol–water partition coefficient (Wildman–Crippen LogP) is 3.43. The summed E-state index contributed by atoms with van der Waals surface area (Å²) in [4.78, 5) is 21.7. The van der Waals surface area contributed by atoms with Crippen molar-refractivity contribution in [3.05, 3.63) is 16.1 Å². The summed E-state index contributed by atoms with van der Waals surface area (Å²) in [6.45, 7) is 10.9. The predicted molar refractivity (Wildman–Crippen MR) is 119 cm³/mol. The minimum Gasteiger partial charge on any atom is -0.444 e. The molecule has 0 aliphatic rings. The van der Waals surface area contributed by atoms with Crippen LogP contribution < -0.4 is 16.0 Å². The van der Waals surface area contributed by atoms with Crippen molar-refractivity contribution in [3.8, 4) is 0 Å². The minimum absolute atomic E-state index is 0. The van der Waals surface area contributed by atoms with Gasteiger partial charge in [-0.2, -0.15) is 0 Å². The van der Waals surface area contributed by atoms with Gasteiger partial charge in [-0.25, -0.2) is 9.78 Å². The second kappa shape index (κ2) is 12.3. The minimum atomic E-state index is -0.502. The number of ether oxygens (including phenoxy) is 1. The molecule has 1 aromatic heterocycles. The number of alkyl carbamates (subject to hydrolysis) is 1. The molecule has 1 heterocycles. The highest BCUT2D eigenvalue weighted by atomic mass is 127. The van der Waals surface area contributed by atoms with Crippen LogP contribution in [-0.2, 0) is 11.3 Å². The molecule has 1 atom stereocenters. The van der Waals surface area contributed by atoms with E-state index in [0.717, 1.165) is 17.8 Å². The molecule has 7 nitrogen and oxygen atoms in total. The normalized spacial score (nSPS) is 12.8. The largest absolute Gasteiger partial charge is 0.444 e. The SMILES string of the molecule is CCCC(CNC(=NC)NCc1ncc(C)s1)NC(=O)OC(C)(C)C.I. The van der Waals surface area contributed by atoms with Crippen LogP contribution in [0.15, 0.2) is 11.2 Å². The molecule has 1 unspecified atom stereocenters. The van der Waals surface area contributed by atoms with Gasteiger partial charge < -0.3 is 20.7 Å². The summed E-state index contributed by atoms with van der Waals surface area (Å²) < 4.78 is 5.32. The Kier molecular flexibility index (Phi) is 11.8. The molecule has 0 saturated carbocycles. The smallest absolute Gasteiger partial charge is 0.407 e. The summed E-state index contributed by atoms with van der Waals surface area (Å²) in [7, 11) is 1.72. The Morgan fingerprint density at radius 3 is 2.58 bits per heavy atom. The molecule has 26 heavy (non-hydrogen) atoms. The third-order valence-electron chi connectivity index (χ3n) is 3.17. The maximum atomic E-state index is 12.0. The van der Waals surface area contributed by atoms with Crippen molar-refractivity contribution in [2.24, 2.45) is 4.99 Å². The molecule has 0 radical (unpaired) electrons. The average molecular weight is 497 g/mol. The molecule has 0 fully saturated rings. The van der Waals surface area contributed by atoms with Gasteiger partial charge in [0.25, 0.3) is 0 Å². The second-order valence-corrected chi connectivity index (χ2v) is 8.12. The van der Waals surface area contributed by atoms with E-state index in [0.29, 0.717) is 19.0 Å². The molecular weight excluding hydrogens is 465 g/mol. The van der Waals surface area contributed by atoms with E-state index in [4.69, 9.17) is 4.74 Å². The average Bonchev–Trinajstić information content (AvgIpc) is 2.91. The van der Waals surface area contributed by atoms with Gasteiger partial charge in [0.1, 0.15) is 10.6 Å². The van der Waals surface area contributed by atoms with Crippen molar-refractivity contribution < 1.29 is 9.53 Å². The first-order valence-corrected chi connectivity index (χ1v) is 9.40. The van der Waals surface area contributed by atoms with E-state index in [9.17, 15) is 4.79 Å². The van der Waals surface area contributed by atoms with E-state index >= 15 is 0 Å². The molecule has 0 spiro atoms. The summed E-state index contributed by atoms with van der Waals surface area (Å²) in [6.07, 6.45) is 3.29. The Morgan fingerprint density at radius 1 is 1.38 bits per heavy atom. The first-order valence-electron chi connectivity index (χ1n) is 8.58. The Balaban J connectivity index is 0.00000625. The number of amides is 1. The van der Waals surface area contributed by atoms with Gasteiger partial charge in [-0.15, -0.1) is 35.3 Å². The Morgan fingerprint density at radius 2 is 2.08 bits per heavy atom. The molecule has 1 aromatic rings. The number of nitrogens with zero attached hydrogens (tertiary/aromatic N) is 2. The van der Waals surface area contributed by atoms with E-state index in [1.165, 1.54) is 4.88 Å². The van der Waals surface area contributed by atoms with E-state index in [-0.39, 0.29) is 30.0 Å². The van der Waals surface area contributed by atoms with Crippen LogP contribution in [0, 0.1) is 6.92 Å². The zero-order chi connectivity index (χ0) is 18.9. The lowest BCUT2D eigenvalue weighted by Crippen LogP contribution is -2.48. The Hall–Kier alpha value is -1.10. The standard InChI is InChI=1S/C17H31N5O2S.HI/c1-7-8-13(22-16(23)24-17(3,4)5)10-20-15(18-6)21-11-14-19-9-12(2)25-14;/h9,13H,7-8,10-11H2,1-6H3,(H,22,23)(H2,18,20,21);1H. The van der Waals surface area contributed by atoms with Gasteiger partial charge in [-0.3, -0.25) is 4.99 Å². The number of nitrogens with one attached hydrogen (secondary N) is 3. The number of carbonyl (C=O) groups excluding carboxylic acids is 1. The number of rotatable bonds is 7. The number of aromatic nitrogens is 1. The van der Waals surface area contributed by atoms with Crippen LogP contribution in [0.5, 0.6) is 0 Å². The number of aryl methyl sites for hydroxylation is 1. The van der Waals surface area contributed by atoms with Crippen LogP contribution in [0.3, 0.4) is 0 Å². The third kappa shape index (κ3) is 10.8. The second-order valence-electron chi connectivity index (χ2n) is 6.80. The highest BCUT2D eigenvalue weighted by Crippen LogP contribution is 2.10. The molecule has 0 aliphatic carbocycles. The number of carbonyl (C=O) groups is 1. The summed E-state index contributed by atoms with van der Waals surface area (Å²) in [5.41, 5.74) is -0.502. The molecule has 0 aliphatic heterocycles. The summed E-state index contributed by atoms with van der Waals surface area (Å²) in [5, 5.41) is 10.4. The first kappa shape index (κ1) is 24.9. The zero-order valence-electron chi connectivity index (χ0n) is 16.5. The van der Waals surface area contributed by atoms with Crippen LogP contribution in [0.1, 0.15) is 50.4 Å². The zero-order valence-corrected chi connectivity index (χ0v) is 19.7. The monoisotopic (exact) mass is 497 g/mol. The molecule has 3 N–H and O–H groups in total. The number of hydrogen-bond donors (Lipinski definition) is 3. The molecule has 0 bridgehead atoms. The van der Waals surface area contributed by atoms with Crippen LogP contribution in [0.2, 0.25) is 0 Å². The highest BCUT2D eigenvalue weighted by molar-refractivity contribution is 14.0. The van der Waals surface area contributed by atoms with Crippen LogP contribution in [0.4, 0.5) is 4.79 Å². The molecule has 0 aromatic carbocycles. The van der Waals surface area contributed by atoms with Crippen molar-refractivity contribution in [1.29, 1.82) is 0 Å². The summed E-state index contributed by atoms with van der Waals surface area (Å²) in [6, 6.07) is -0.0273. The fourth-order valence-corrected chi connectivity index (χ4v) is 2.86. The van der Waals surface area contributed by atoms with Crippen LogP contribution in [-0.4, -0.2) is 42.3 Å². The van der Waals surface area contributed by atoms with Crippen LogP contribution >= 0.6 is 35.3 Å². The topological polar surface area (TPSA) is 87.6 Å². The van der Waals surface area contributed by atoms with Gasteiger partial charge in [0.15, 0.2) is 5.96 Å². The fourth-order valence-electron chi connectivity index (χ4n) is 2.13. The maximum absolute atomic E-state index is 12.0. The van der Waals surface area contributed by atoms with Crippen LogP contribution in [0.25, 0.3) is 0 Å². The fraction of sp³-hybridized carbons (Fsp3) is 0.706. The van der Waals surface area contributed by atoms with Crippen molar-refractivity contribution in [2.75, 3.05) is 13.6 Å². The van der Waals surface area contributed by atoms with Crippen molar-refractivity contribution >= 4 is 47.4 Å². The van der Waals surface area contributed by atoms with E-state index in [1.807, 2.05) is 33.9 Å². The van der Waals surface area contributed by atoms with Gasteiger partial charge in [0.2, 0.25) is 0 Å². The lowest BCUT2D eigenvalue weighted by Gasteiger charge is -2.24. The number of aliphatic imine (C=N–C) groups is 1. The molecule has 0 saturated heterocycles. The molecule has 150 valence electrons. The van der Waals surface area contributed by atoms with Gasteiger partial charge in [-0.1, -0.05) is 13.3 Å². The number of halogens is 1. The molecule has 9 heteroatoms. The molecule has 1 rings (SSSR count).